The van der Waals surface area contributed by atoms with Gasteiger partial charge < -0.3 is 11.1 Å². The van der Waals surface area contributed by atoms with Crippen molar-refractivity contribution < 1.29 is 13.2 Å². The third kappa shape index (κ3) is 3.07. The number of aromatic nitrogens is 1. The van der Waals surface area contributed by atoms with Gasteiger partial charge in [0.2, 0.25) is 0 Å². The molecule has 20 heavy (non-hydrogen) atoms. The molecule has 0 bridgehead atoms. The Kier molecular flexibility index (Phi) is 4.24. The summed E-state index contributed by atoms with van der Waals surface area (Å²) in [7, 11) is -3.09. The number of carbonyl (C=O) groups excluding carboxylic acids is 1. The van der Waals surface area contributed by atoms with Crippen molar-refractivity contribution in [2.75, 3.05) is 23.8 Å². The number of sulfone groups is 1. The first-order valence-electron chi connectivity index (χ1n) is 6.06. The van der Waals surface area contributed by atoms with Crippen LogP contribution >= 0.6 is 11.3 Å². The Morgan fingerprint density at radius 1 is 1.50 bits per heavy atom. The van der Waals surface area contributed by atoms with Crippen LogP contribution in [0.1, 0.15) is 16.6 Å². The van der Waals surface area contributed by atoms with Crippen molar-refractivity contribution in [1.29, 1.82) is 0 Å². The summed E-state index contributed by atoms with van der Waals surface area (Å²) < 4.78 is 23.5. The third-order valence-corrected chi connectivity index (χ3v) is 5.69. The molecule has 2 rings (SSSR count). The number of fused-ring (bicyclic) bond motifs is 1. The first kappa shape index (κ1) is 14.7. The minimum absolute atomic E-state index is 0.0673. The molecule has 0 radical (unpaired) electrons. The highest BCUT2D eigenvalue weighted by Gasteiger charge is 2.17. The van der Waals surface area contributed by atoms with Crippen molar-refractivity contribution in [3.05, 3.63) is 23.2 Å². The maximum absolute atomic E-state index is 12.0. The molecule has 3 N–H and O–H groups in total. The predicted octanol–water partition coefficient (Wildman–Crippen LogP) is 1.04. The molecule has 2 aromatic rings. The molecule has 0 saturated heterocycles. The maximum Gasteiger partial charge on any atom is 0.263 e. The van der Waals surface area contributed by atoms with E-state index in [4.69, 9.17) is 5.73 Å². The lowest BCUT2D eigenvalue weighted by molar-refractivity contribution is 0.0961. The standard InChI is InChI=1S/C12H15N3O3S2/c1-2-20(17,18)7-6-15-12(16)11-9(13)10-8(19-11)4-3-5-14-10/h3-5H,2,6-7,13H2,1H3,(H,15,16). The van der Waals surface area contributed by atoms with E-state index in [0.717, 1.165) is 4.70 Å². The zero-order valence-corrected chi connectivity index (χ0v) is 12.6. The summed E-state index contributed by atoms with van der Waals surface area (Å²) in [6, 6.07) is 3.61. The average molecular weight is 313 g/mol. The number of hydrogen-bond donors (Lipinski definition) is 2. The van der Waals surface area contributed by atoms with E-state index in [1.807, 2.05) is 6.07 Å². The van der Waals surface area contributed by atoms with E-state index < -0.39 is 9.84 Å². The van der Waals surface area contributed by atoms with Crippen LogP contribution in [-0.2, 0) is 9.84 Å². The van der Waals surface area contributed by atoms with Crippen molar-refractivity contribution in [3.63, 3.8) is 0 Å². The molecule has 0 aliphatic carbocycles. The molecule has 108 valence electrons. The molecule has 0 aliphatic rings. The van der Waals surface area contributed by atoms with Crippen LogP contribution in [0.3, 0.4) is 0 Å². The molecule has 1 amide bonds. The summed E-state index contributed by atoms with van der Waals surface area (Å²) >= 11 is 1.25. The fraction of sp³-hybridized carbons (Fsp3) is 0.333. The number of hydrogen-bond acceptors (Lipinski definition) is 6. The number of thiophene rings is 1. The second-order valence-corrected chi connectivity index (χ2v) is 7.71. The monoisotopic (exact) mass is 313 g/mol. The Labute approximate surface area is 120 Å². The lowest BCUT2D eigenvalue weighted by atomic mass is 10.3. The van der Waals surface area contributed by atoms with Crippen LogP contribution in [0.4, 0.5) is 5.69 Å². The van der Waals surface area contributed by atoms with Crippen LogP contribution in [0.5, 0.6) is 0 Å². The van der Waals surface area contributed by atoms with E-state index in [1.165, 1.54) is 11.3 Å². The number of pyridine rings is 1. The number of nitrogens with one attached hydrogen (secondary N) is 1. The second-order valence-electron chi connectivity index (χ2n) is 4.19. The van der Waals surface area contributed by atoms with Gasteiger partial charge in [-0.2, -0.15) is 0 Å². The van der Waals surface area contributed by atoms with Crippen LogP contribution in [0.2, 0.25) is 0 Å². The lowest BCUT2D eigenvalue weighted by Gasteiger charge is -2.04. The molecule has 2 heterocycles. The minimum atomic E-state index is -3.09. The van der Waals surface area contributed by atoms with Crippen molar-refractivity contribution in [1.82, 2.24) is 10.3 Å². The molecule has 0 fully saturated rings. The molecule has 0 aromatic carbocycles. The lowest BCUT2D eigenvalue weighted by Crippen LogP contribution is -2.29. The Morgan fingerprint density at radius 2 is 2.25 bits per heavy atom. The first-order valence-corrected chi connectivity index (χ1v) is 8.70. The van der Waals surface area contributed by atoms with E-state index >= 15 is 0 Å². The van der Waals surface area contributed by atoms with Crippen LogP contribution in [0.25, 0.3) is 10.2 Å². The SMILES string of the molecule is CCS(=O)(=O)CCNC(=O)c1sc2cccnc2c1N. The van der Waals surface area contributed by atoms with E-state index in [1.54, 1.807) is 19.2 Å². The molecular weight excluding hydrogens is 298 g/mol. The normalized spacial score (nSPS) is 11.7. The van der Waals surface area contributed by atoms with Crippen molar-refractivity contribution in [2.45, 2.75) is 6.92 Å². The maximum atomic E-state index is 12.0. The van der Waals surface area contributed by atoms with Gasteiger partial charge >= 0.3 is 0 Å². The van der Waals surface area contributed by atoms with Gasteiger partial charge in [-0.1, -0.05) is 6.92 Å². The third-order valence-electron chi connectivity index (χ3n) is 2.83. The summed E-state index contributed by atoms with van der Waals surface area (Å²) in [5.41, 5.74) is 6.83. The van der Waals surface area contributed by atoms with Crippen LogP contribution in [0, 0.1) is 0 Å². The zero-order chi connectivity index (χ0) is 14.8. The number of carbonyl (C=O) groups is 1. The van der Waals surface area contributed by atoms with Crippen molar-refractivity contribution in [2.24, 2.45) is 0 Å². The van der Waals surface area contributed by atoms with Crippen LogP contribution in [-0.4, -0.2) is 37.4 Å². The largest absolute Gasteiger partial charge is 0.396 e. The average Bonchev–Trinajstić information content (AvgIpc) is 2.76. The Balaban J connectivity index is 2.10. The fourth-order valence-electron chi connectivity index (χ4n) is 1.66. The highest BCUT2D eigenvalue weighted by Crippen LogP contribution is 2.31. The molecular formula is C12H15N3O3S2. The summed E-state index contributed by atoms with van der Waals surface area (Å²) in [6.07, 6.45) is 1.61. The highest BCUT2D eigenvalue weighted by molar-refractivity contribution is 7.91. The number of rotatable bonds is 5. The molecule has 0 spiro atoms. The van der Waals surface area contributed by atoms with E-state index in [2.05, 4.69) is 10.3 Å². The van der Waals surface area contributed by atoms with Gasteiger partial charge in [-0.3, -0.25) is 9.78 Å². The topological polar surface area (TPSA) is 102 Å². The predicted molar refractivity (Wildman–Crippen MR) is 80.7 cm³/mol. The van der Waals surface area contributed by atoms with Crippen LogP contribution < -0.4 is 11.1 Å². The van der Waals surface area contributed by atoms with Crippen LogP contribution in [0.15, 0.2) is 18.3 Å². The number of anilines is 1. The van der Waals surface area contributed by atoms with Gasteiger partial charge in [0.05, 0.1) is 16.1 Å². The molecule has 0 aliphatic heterocycles. The minimum Gasteiger partial charge on any atom is -0.396 e. The molecule has 6 nitrogen and oxygen atoms in total. The van der Waals surface area contributed by atoms with Crippen molar-refractivity contribution in [3.8, 4) is 0 Å². The molecule has 0 saturated carbocycles. The van der Waals surface area contributed by atoms with E-state index in [-0.39, 0.29) is 24.0 Å². The summed E-state index contributed by atoms with van der Waals surface area (Å²) in [5, 5.41) is 2.58. The van der Waals surface area contributed by atoms with E-state index in [9.17, 15) is 13.2 Å². The summed E-state index contributed by atoms with van der Waals surface area (Å²) in [4.78, 5) is 16.5. The fourth-order valence-corrected chi connectivity index (χ4v) is 3.36. The highest BCUT2D eigenvalue weighted by atomic mass is 32.2. The number of amides is 1. The first-order chi connectivity index (χ1) is 9.44. The Bertz CT molecular complexity index is 737. The van der Waals surface area contributed by atoms with Gasteiger partial charge in [-0.25, -0.2) is 8.42 Å². The molecule has 2 aromatic heterocycles. The molecule has 0 atom stereocenters. The Hall–Kier alpha value is -1.67. The van der Waals surface area contributed by atoms with Gasteiger partial charge in [0.15, 0.2) is 9.84 Å². The van der Waals surface area contributed by atoms with Gasteiger partial charge in [-0.05, 0) is 12.1 Å². The smallest absolute Gasteiger partial charge is 0.263 e. The summed E-state index contributed by atoms with van der Waals surface area (Å²) in [6.45, 7) is 1.66. The quantitative estimate of drug-likeness (QED) is 0.858. The van der Waals surface area contributed by atoms with Gasteiger partial charge in [0, 0.05) is 18.5 Å². The molecule has 8 heteroatoms. The van der Waals surface area contributed by atoms with Gasteiger partial charge in [0.25, 0.3) is 5.91 Å². The van der Waals surface area contributed by atoms with Gasteiger partial charge in [0.1, 0.15) is 10.4 Å². The summed E-state index contributed by atoms with van der Waals surface area (Å²) in [5.74, 6) is -0.368. The van der Waals surface area contributed by atoms with Crippen molar-refractivity contribution >= 4 is 43.0 Å². The second kappa shape index (κ2) is 5.76. The number of nitrogens with two attached hydrogens (primary N) is 1. The number of nitrogen functional groups attached to an aromatic ring is 1. The number of nitrogens with zero attached hydrogens (tertiary/aromatic N) is 1. The molecule has 0 unspecified atom stereocenters. The van der Waals surface area contributed by atoms with E-state index in [0.29, 0.717) is 16.1 Å². The Morgan fingerprint density at radius 3 is 2.90 bits per heavy atom. The van der Waals surface area contributed by atoms with Gasteiger partial charge in [-0.15, -0.1) is 11.3 Å². The zero-order valence-electron chi connectivity index (χ0n) is 10.9.